The van der Waals surface area contributed by atoms with Gasteiger partial charge in [-0.2, -0.15) is 0 Å². The number of ether oxygens (including phenoxy) is 2. The number of hydrogen-bond donors (Lipinski definition) is 1. The van der Waals surface area contributed by atoms with Crippen LogP contribution in [0.2, 0.25) is 0 Å². The maximum Gasteiger partial charge on any atom is 0.129 e. The quantitative estimate of drug-likeness (QED) is 0.623. The Labute approximate surface area is 138 Å². The van der Waals surface area contributed by atoms with Gasteiger partial charge in [-0.1, -0.05) is 45.8 Å². The second-order valence-electron chi connectivity index (χ2n) is 4.51. The molecule has 0 spiro atoms. The molecule has 0 radical (unpaired) electrons. The molecule has 2 aromatic rings. The molecule has 3 nitrogen and oxygen atoms in total. The van der Waals surface area contributed by atoms with Crippen LogP contribution < -0.4 is 15.2 Å². The molecule has 0 atom stereocenters. The molecule has 0 bridgehead atoms. The zero-order valence-electron chi connectivity index (χ0n) is 11.6. The summed E-state index contributed by atoms with van der Waals surface area (Å²) in [5, 5.41) is 0. The van der Waals surface area contributed by atoms with Crippen LogP contribution in [0, 0.1) is 6.92 Å². The molecule has 0 aliphatic carbocycles. The van der Waals surface area contributed by atoms with E-state index < -0.39 is 0 Å². The van der Waals surface area contributed by atoms with Crippen LogP contribution in [0.4, 0.5) is 0 Å². The van der Waals surface area contributed by atoms with E-state index in [-0.39, 0.29) is 0 Å². The van der Waals surface area contributed by atoms with Gasteiger partial charge in [0.25, 0.3) is 0 Å². The van der Waals surface area contributed by atoms with Crippen molar-refractivity contribution >= 4 is 33.1 Å². The van der Waals surface area contributed by atoms with E-state index in [2.05, 4.69) is 15.9 Å². The lowest BCUT2D eigenvalue weighted by molar-refractivity contribution is 0.217. The van der Waals surface area contributed by atoms with Gasteiger partial charge in [-0.05, 0) is 37.3 Å². The summed E-state index contributed by atoms with van der Waals surface area (Å²) in [6, 6.07) is 13.5. The van der Waals surface area contributed by atoms with Crippen LogP contribution in [0.5, 0.6) is 11.5 Å². The lowest BCUT2D eigenvalue weighted by Crippen LogP contribution is -2.14. The average molecular weight is 366 g/mol. The van der Waals surface area contributed by atoms with Crippen LogP contribution in [0.3, 0.4) is 0 Å². The van der Waals surface area contributed by atoms with E-state index in [0.717, 1.165) is 15.8 Å². The fourth-order valence-corrected chi connectivity index (χ4v) is 2.29. The Kier molecular flexibility index (Phi) is 5.59. The number of thiocarbonyl (C=S) groups is 1. The minimum Gasteiger partial charge on any atom is -0.490 e. The minimum absolute atomic E-state index is 0.311. The molecule has 2 N–H and O–H groups in total. The highest BCUT2D eigenvalue weighted by molar-refractivity contribution is 9.10. The average Bonchev–Trinajstić information content (AvgIpc) is 2.46. The molecular formula is C16H16BrNO2S. The molecule has 21 heavy (non-hydrogen) atoms. The predicted molar refractivity (Wildman–Crippen MR) is 92.2 cm³/mol. The summed E-state index contributed by atoms with van der Waals surface area (Å²) in [4.78, 5) is 0.311. The summed E-state index contributed by atoms with van der Waals surface area (Å²) in [6.45, 7) is 2.92. The highest BCUT2D eigenvalue weighted by Gasteiger charge is 2.07. The Morgan fingerprint density at radius 3 is 2.43 bits per heavy atom. The first kappa shape index (κ1) is 15.8. The smallest absolute Gasteiger partial charge is 0.129 e. The Morgan fingerprint density at radius 2 is 1.76 bits per heavy atom. The standard InChI is InChI=1S/C16H16BrNO2S/c1-11-2-5-13(6-3-11)19-8-9-20-15-7-4-12(17)10-14(15)16(18)21/h2-7,10H,8-9H2,1H3,(H2,18,21). The maximum absolute atomic E-state index is 5.69. The molecule has 0 aliphatic heterocycles. The molecule has 0 heterocycles. The zero-order valence-corrected chi connectivity index (χ0v) is 14.0. The predicted octanol–water partition coefficient (Wildman–Crippen LogP) is 3.85. The number of hydrogen-bond acceptors (Lipinski definition) is 3. The summed E-state index contributed by atoms with van der Waals surface area (Å²) >= 11 is 8.41. The summed E-state index contributed by atoms with van der Waals surface area (Å²) in [7, 11) is 0. The van der Waals surface area contributed by atoms with Crippen molar-refractivity contribution in [1.82, 2.24) is 0 Å². The second-order valence-corrected chi connectivity index (χ2v) is 5.87. The second kappa shape index (κ2) is 7.43. The van der Waals surface area contributed by atoms with E-state index in [1.165, 1.54) is 5.56 Å². The van der Waals surface area contributed by atoms with Gasteiger partial charge in [0.05, 0.1) is 5.56 Å². The maximum atomic E-state index is 5.69. The third-order valence-corrected chi connectivity index (χ3v) is 3.55. The largest absolute Gasteiger partial charge is 0.490 e. The minimum atomic E-state index is 0.311. The number of halogens is 1. The van der Waals surface area contributed by atoms with E-state index in [0.29, 0.717) is 24.0 Å². The Hall–Kier alpha value is -1.59. The van der Waals surface area contributed by atoms with Crippen LogP contribution in [-0.4, -0.2) is 18.2 Å². The molecule has 0 unspecified atom stereocenters. The lowest BCUT2D eigenvalue weighted by atomic mass is 10.2. The monoisotopic (exact) mass is 365 g/mol. The Bertz CT molecular complexity index is 629. The summed E-state index contributed by atoms with van der Waals surface area (Å²) in [5.74, 6) is 1.49. The van der Waals surface area contributed by atoms with Crippen molar-refractivity contribution in [3.8, 4) is 11.5 Å². The van der Waals surface area contributed by atoms with Crippen molar-refractivity contribution in [3.63, 3.8) is 0 Å². The van der Waals surface area contributed by atoms with Crippen LogP contribution in [0.25, 0.3) is 0 Å². The SMILES string of the molecule is Cc1ccc(OCCOc2ccc(Br)cc2C(N)=S)cc1. The molecule has 5 heteroatoms. The highest BCUT2D eigenvalue weighted by atomic mass is 79.9. The molecule has 2 aromatic carbocycles. The number of nitrogens with two attached hydrogens (primary N) is 1. The topological polar surface area (TPSA) is 44.5 Å². The van der Waals surface area contributed by atoms with Crippen molar-refractivity contribution in [2.24, 2.45) is 5.73 Å². The fraction of sp³-hybridized carbons (Fsp3) is 0.188. The van der Waals surface area contributed by atoms with Crippen LogP contribution in [0.1, 0.15) is 11.1 Å². The first-order valence-corrected chi connectivity index (χ1v) is 7.68. The van der Waals surface area contributed by atoms with Gasteiger partial charge < -0.3 is 15.2 Å². The van der Waals surface area contributed by atoms with Crippen molar-refractivity contribution in [3.05, 3.63) is 58.1 Å². The fourth-order valence-electron chi connectivity index (χ4n) is 1.77. The zero-order chi connectivity index (χ0) is 15.2. The number of rotatable bonds is 6. The first-order chi connectivity index (χ1) is 10.1. The molecule has 0 saturated heterocycles. The molecule has 0 saturated carbocycles. The molecule has 2 rings (SSSR count). The van der Waals surface area contributed by atoms with Gasteiger partial charge in [-0.3, -0.25) is 0 Å². The van der Waals surface area contributed by atoms with E-state index in [9.17, 15) is 0 Å². The normalized spacial score (nSPS) is 10.2. The summed E-state index contributed by atoms with van der Waals surface area (Å²) in [5.41, 5.74) is 7.61. The highest BCUT2D eigenvalue weighted by Crippen LogP contribution is 2.23. The van der Waals surface area contributed by atoms with Crippen LogP contribution in [-0.2, 0) is 0 Å². The van der Waals surface area contributed by atoms with Crippen LogP contribution >= 0.6 is 28.1 Å². The van der Waals surface area contributed by atoms with Crippen molar-refractivity contribution in [2.75, 3.05) is 13.2 Å². The molecule has 0 amide bonds. The van der Waals surface area contributed by atoms with E-state index >= 15 is 0 Å². The Balaban J connectivity index is 1.89. The summed E-state index contributed by atoms with van der Waals surface area (Å²) < 4.78 is 12.2. The summed E-state index contributed by atoms with van der Waals surface area (Å²) in [6.07, 6.45) is 0. The van der Waals surface area contributed by atoms with Gasteiger partial charge in [-0.15, -0.1) is 0 Å². The van der Waals surface area contributed by atoms with E-state index in [1.807, 2.05) is 49.4 Å². The number of aryl methyl sites for hydroxylation is 1. The van der Waals surface area contributed by atoms with E-state index in [1.54, 1.807) is 0 Å². The molecule has 0 aromatic heterocycles. The first-order valence-electron chi connectivity index (χ1n) is 6.48. The van der Waals surface area contributed by atoms with Crippen molar-refractivity contribution < 1.29 is 9.47 Å². The third-order valence-electron chi connectivity index (χ3n) is 2.84. The van der Waals surface area contributed by atoms with Gasteiger partial charge in [0.15, 0.2) is 0 Å². The van der Waals surface area contributed by atoms with Crippen LogP contribution in [0.15, 0.2) is 46.9 Å². The van der Waals surface area contributed by atoms with Crippen molar-refractivity contribution in [2.45, 2.75) is 6.92 Å². The van der Waals surface area contributed by atoms with Gasteiger partial charge in [0.2, 0.25) is 0 Å². The van der Waals surface area contributed by atoms with Gasteiger partial charge in [0.1, 0.15) is 29.7 Å². The van der Waals surface area contributed by atoms with Crippen molar-refractivity contribution in [1.29, 1.82) is 0 Å². The van der Waals surface area contributed by atoms with Gasteiger partial charge >= 0.3 is 0 Å². The van der Waals surface area contributed by atoms with Gasteiger partial charge in [0, 0.05) is 4.47 Å². The Morgan fingerprint density at radius 1 is 1.10 bits per heavy atom. The molecule has 0 aliphatic rings. The molecule has 110 valence electrons. The lowest BCUT2D eigenvalue weighted by Gasteiger charge is -2.12. The van der Waals surface area contributed by atoms with Gasteiger partial charge in [-0.25, -0.2) is 0 Å². The molecular weight excluding hydrogens is 350 g/mol. The number of benzene rings is 2. The third kappa shape index (κ3) is 4.72. The molecule has 0 fully saturated rings. The van der Waals surface area contributed by atoms with E-state index in [4.69, 9.17) is 27.4 Å².